The topological polar surface area (TPSA) is 63.2 Å². The van der Waals surface area contributed by atoms with E-state index in [-0.39, 0.29) is 17.6 Å². The highest BCUT2D eigenvalue weighted by atomic mass is 32.2. The van der Waals surface area contributed by atoms with Crippen LogP contribution in [0.5, 0.6) is 0 Å². The molecule has 0 radical (unpaired) electrons. The highest BCUT2D eigenvalue weighted by molar-refractivity contribution is 8.00. The van der Waals surface area contributed by atoms with E-state index in [1.54, 1.807) is 11.3 Å². The van der Waals surface area contributed by atoms with Crippen molar-refractivity contribution in [3.63, 3.8) is 0 Å². The molecule has 0 spiro atoms. The third-order valence-electron chi connectivity index (χ3n) is 4.60. The number of hydrogen-bond acceptors (Lipinski definition) is 6. The molecule has 1 fully saturated rings. The maximum Gasteiger partial charge on any atom is 0.239 e. The van der Waals surface area contributed by atoms with Gasteiger partial charge in [0.05, 0.1) is 5.75 Å². The SMILES string of the molecule is Cc1nc(SCC(=O)N2CCCC2=O)c2c3c(sc2n1)CCCC3. The maximum absolute atomic E-state index is 12.3. The van der Waals surface area contributed by atoms with E-state index in [0.29, 0.717) is 13.0 Å². The summed E-state index contributed by atoms with van der Waals surface area (Å²) in [6, 6.07) is 0. The monoisotopic (exact) mass is 361 g/mol. The van der Waals surface area contributed by atoms with Gasteiger partial charge in [-0.05, 0) is 44.6 Å². The van der Waals surface area contributed by atoms with Crippen molar-refractivity contribution in [3.05, 3.63) is 16.3 Å². The van der Waals surface area contributed by atoms with E-state index in [2.05, 4.69) is 9.97 Å². The lowest BCUT2D eigenvalue weighted by Crippen LogP contribution is -2.33. The minimum absolute atomic E-state index is 0.0440. The second-order valence-electron chi connectivity index (χ2n) is 6.30. The van der Waals surface area contributed by atoms with Gasteiger partial charge in [-0.15, -0.1) is 11.3 Å². The Hall–Kier alpha value is -1.47. The summed E-state index contributed by atoms with van der Waals surface area (Å²) in [4.78, 5) is 37.1. The van der Waals surface area contributed by atoms with Crippen LogP contribution in [-0.2, 0) is 22.4 Å². The summed E-state index contributed by atoms with van der Waals surface area (Å²) in [7, 11) is 0. The predicted octanol–water partition coefficient (Wildman–Crippen LogP) is 3.12. The molecule has 1 saturated heterocycles. The minimum Gasteiger partial charge on any atom is -0.282 e. The van der Waals surface area contributed by atoms with Gasteiger partial charge in [0.25, 0.3) is 0 Å². The van der Waals surface area contributed by atoms with Gasteiger partial charge in [0, 0.05) is 23.2 Å². The predicted molar refractivity (Wildman–Crippen MR) is 95.5 cm³/mol. The third kappa shape index (κ3) is 2.84. The molecular formula is C17H19N3O2S2. The van der Waals surface area contributed by atoms with Crippen LogP contribution in [-0.4, -0.2) is 39.0 Å². The first-order chi connectivity index (χ1) is 11.6. The maximum atomic E-state index is 12.3. The second kappa shape index (κ2) is 6.44. The van der Waals surface area contributed by atoms with Crippen molar-refractivity contribution >= 4 is 45.1 Å². The number of thioether (sulfide) groups is 1. The number of thiophene rings is 1. The van der Waals surface area contributed by atoms with E-state index in [0.717, 1.165) is 40.3 Å². The molecule has 1 aliphatic carbocycles. The molecule has 7 heteroatoms. The van der Waals surface area contributed by atoms with Crippen molar-refractivity contribution in [2.45, 2.75) is 50.5 Å². The molecule has 0 unspecified atom stereocenters. The zero-order valence-electron chi connectivity index (χ0n) is 13.6. The van der Waals surface area contributed by atoms with Crippen molar-refractivity contribution in [2.75, 3.05) is 12.3 Å². The quantitative estimate of drug-likeness (QED) is 0.621. The first-order valence-electron chi connectivity index (χ1n) is 8.38. The number of carbonyl (C=O) groups is 2. The molecule has 0 saturated carbocycles. The zero-order chi connectivity index (χ0) is 16.7. The van der Waals surface area contributed by atoms with Crippen LogP contribution in [0.25, 0.3) is 10.2 Å². The number of amides is 2. The van der Waals surface area contributed by atoms with Crippen molar-refractivity contribution in [1.29, 1.82) is 0 Å². The number of hydrogen-bond donors (Lipinski definition) is 0. The molecule has 126 valence electrons. The molecule has 5 nitrogen and oxygen atoms in total. The molecule has 24 heavy (non-hydrogen) atoms. The van der Waals surface area contributed by atoms with Crippen LogP contribution in [0, 0.1) is 6.92 Å². The summed E-state index contributed by atoms with van der Waals surface area (Å²) in [6.07, 6.45) is 5.92. The molecule has 1 aliphatic heterocycles. The van der Waals surface area contributed by atoms with Gasteiger partial charge in [-0.25, -0.2) is 9.97 Å². The summed E-state index contributed by atoms with van der Waals surface area (Å²) in [6.45, 7) is 2.46. The largest absolute Gasteiger partial charge is 0.282 e. The Morgan fingerprint density at radius 1 is 1.21 bits per heavy atom. The van der Waals surface area contributed by atoms with Gasteiger partial charge in [-0.3, -0.25) is 14.5 Å². The van der Waals surface area contributed by atoms with E-state index in [1.165, 1.54) is 39.9 Å². The molecule has 2 aliphatic rings. The molecule has 4 rings (SSSR count). The molecule has 2 amide bonds. The molecular weight excluding hydrogens is 342 g/mol. The lowest BCUT2D eigenvalue weighted by atomic mass is 9.97. The van der Waals surface area contributed by atoms with E-state index in [1.807, 2.05) is 6.92 Å². The fourth-order valence-corrected chi connectivity index (χ4v) is 5.80. The lowest BCUT2D eigenvalue weighted by Gasteiger charge is -2.14. The summed E-state index contributed by atoms with van der Waals surface area (Å²) < 4.78 is 0. The number of imide groups is 1. The van der Waals surface area contributed by atoms with Gasteiger partial charge in [0.1, 0.15) is 15.7 Å². The summed E-state index contributed by atoms with van der Waals surface area (Å²) in [5.41, 5.74) is 1.38. The van der Waals surface area contributed by atoms with Gasteiger partial charge in [-0.2, -0.15) is 0 Å². The number of rotatable bonds is 3. The first-order valence-corrected chi connectivity index (χ1v) is 10.2. The average molecular weight is 361 g/mol. The second-order valence-corrected chi connectivity index (χ2v) is 8.35. The highest BCUT2D eigenvalue weighted by Gasteiger charge is 2.27. The number of aromatic nitrogens is 2. The number of carbonyl (C=O) groups excluding carboxylic acids is 2. The Morgan fingerprint density at radius 3 is 2.83 bits per heavy atom. The fraction of sp³-hybridized carbons (Fsp3) is 0.529. The van der Waals surface area contributed by atoms with Crippen LogP contribution in [0.1, 0.15) is 41.9 Å². The molecule has 2 aromatic heterocycles. The molecule has 2 aromatic rings. The standard InChI is InChI=1S/C17H19N3O2S2/c1-10-18-16(23-9-14(22)20-8-4-7-13(20)21)15-11-5-2-3-6-12(11)24-17(15)19-10/h2-9H2,1H3. The van der Waals surface area contributed by atoms with Crippen molar-refractivity contribution in [1.82, 2.24) is 14.9 Å². The van der Waals surface area contributed by atoms with Gasteiger partial charge >= 0.3 is 0 Å². The van der Waals surface area contributed by atoms with Crippen LogP contribution in [0.2, 0.25) is 0 Å². The Balaban J connectivity index is 1.62. The number of nitrogens with zero attached hydrogens (tertiary/aromatic N) is 3. The first kappa shape index (κ1) is 16.0. The molecule has 0 N–H and O–H groups in total. The Kier molecular flexibility index (Phi) is 4.30. The Bertz CT molecular complexity index is 831. The van der Waals surface area contributed by atoms with Crippen LogP contribution >= 0.6 is 23.1 Å². The normalized spacial score (nSPS) is 17.5. The lowest BCUT2D eigenvalue weighted by molar-refractivity contribution is -0.140. The van der Waals surface area contributed by atoms with Crippen molar-refractivity contribution in [2.24, 2.45) is 0 Å². The van der Waals surface area contributed by atoms with Gasteiger partial charge < -0.3 is 0 Å². The molecule has 0 aromatic carbocycles. The third-order valence-corrected chi connectivity index (χ3v) is 6.75. The summed E-state index contributed by atoms with van der Waals surface area (Å²) >= 11 is 3.22. The zero-order valence-corrected chi connectivity index (χ0v) is 15.3. The van der Waals surface area contributed by atoms with E-state index in [9.17, 15) is 9.59 Å². The summed E-state index contributed by atoms with van der Waals surface area (Å²) in [5.74, 6) is 0.865. The average Bonchev–Trinajstić information content (AvgIpc) is 3.15. The molecule has 3 heterocycles. The van der Waals surface area contributed by atoms with Crippen LogP contribution < -0.4 is 0 Å². The van der Waals surface area contributed by atoms with Gasteiger partial charge in [-0.1, -0.05) is 11.8 Å². The van der Waals surface area contributed by atoms with E-state index >= 15 is 0 Å². The van der Waals surface area contributed by atoms with Gasteiger partial charge in [0.15, 0.2) is 0 Å². The van der Waals surface area contributed by atoms with E-state index in [4.69, 9.17) is 0 Å². The smallest absolute Gasteiger partial charge is 0.239 e. The number of likely N-dealkylation sites (tertiary alicyclic amines) is 1. The van der Waals surface area contributed by atoms with Crippen LogP contribution in [0.15, 0.2) is 5.03 Å². The Morgan fingerprint density at radius 2 is 2.04 bits per heavy atom. The van der Waals surface area contributed by atoms with Crippen molar-refractivity contribution < 1.29 is 9.59 Å². The molecule has 0 bridgehead atoms. The summed E-state index contributed by atoms with van der Waals surface area (Å²) in [5, 5.41) is 2.04. The van der Waals surface area contributed by atoms with Gasteiger partial charge in [0.2, 0.25) is 11.8 Å². The number of aryl methyl sites for hydroxylation is 3. The highest BCUT2D eigenvalue weighted by Crippen LogP contribution is 2.39. The van der Waals surface area contributed by atoms with E-state index < -0.39 is 0 Å². The van der Waals surface area contributed by atoms with Crippen LogP contribution in [0.4, 0.5) is 0 Å². The minimum atomic E-state index is -0.101. The molecule has 0 atom stereocenters. The number of fused-ring (bicyclic) bond motifs is 3. The Labute approximate surface area is 148 Å². The fourth-order valence-electron chi connectivity index (χ4n) is 3.45. The van der Waals surface area contributed by atoms with Crippen LogP contribution in [0.3, 0.4) is 0 Å². The van der Waals surface area contributed by atoms with Crippen molar-refractivity contribution in [3.8, 4) is 0 Å².